The molecule has 0 saturated carbocycles. The normalized spacial score (nSPS) is 16.8. The zero-order valence-electron chi connectivity index (χ0n) is 14.8. The first kappa shape index (κ1) is 20.1. The zero-order chi connectivity index (χ0) is 19.7. The quantitative estimate of drug-likeness (QED) is 0.316. The minimum atomic E-state index is -4.91. The number of ketones is 1. The van der Waals surface area contributed by atoms with Gasteiger partial charge in [-0.25, -0.2) is 9.18 Å². The lowest BCUT2D eigenvalue weighted by Crippen LogP contribution is -2.25. The van der Waals surface area contributed by atoms with Gasteiger partial charge in [-0.15, -0.1) is 0 Å². The van der Waals surface area contributed by atoms with Crippen molar-refractivity contribution in [3.05, 3.63) is 40.7 Å². The SMILES string of the molecule is CCOC(=O)C(=O)c1c(C(F)(F)F)ccc(F)c1C1=CCC(C)(C)CC1. The van der Waals surface area contributed by atoms with Crippen LogP contribution in [0, 0.1) is 11.2 Å². The second-order valence-corrected chi connectivity index (χ2v) is 6.99. The third kappa shape index (κ3) is 4.14. The van der Waals surface area contributed by atoms with Crippen molar-refractivity contribution < 1.29 is 31.9 Å². The standard InChI is InChI=1S/C19H20F4O3/c1-4-26-17(25)16(24)15-12(19(21,22)23)5-6-13(20)14(15)11-7-9-18(2,3)10-8-11/h5-7H,4,8-10H2,1-3H3. The molecule has 0 radical (unpaired) electrons. The highest BCUT2D eigenvalue weighted by Crippen LogP contribution is 2.42. The van der Waals surface area contributed by atoms with Crippen LogP contribution in [0.3, 0.4) is 0 Å². The van der Waals surface area contributed by atoms with Crippen LogP contribution < -0.4 is 0 Å². The molecule has 0 atom stereocenters. The average molecular weight is 372 g/mol. The van der Waals surface area contributed by atoms with Crippen molar-refractivity contribution in [2.75, 3.05) is 6.61 Å². The first-order chi connectivity index (χ1) is 12.0. The van der Waals surface area contributed by atoms with Gasteiger partial charge in [-0.05, 0) is 49.3 Å². The fraction of sp³-hybridized carbons (Fsp3) is 0.474. The lowest BCUT2D eigenvalue weighted by molar-refractivity contribution is -0.139. The number of Topliss-reactive ketones (excluding diaryl/α,β-unsaturated/α-hetero) is 1. The van der Waals surface area contributed by atoms with Gasteiger partial charge < -0.3 is 4.74 Å². The molecule has 0 heterocycles. The van der Waals surface area contributed by atoms with Gasteiger partial charge in [0.2, 0.25) is 0 Å². The molecule has 1 aromatic rings. The molecule has 142 valence electrons. The van der Waals surface area contributed by atoms with Crippen molar-refractivity contribution in [2.24, 2.45) is 5.41 Å². The number of halogens is 4. The predicted octanol–water partition coefficient (Wildman–Crippen LogP) is 5.18. The number of rotatable bonds is 4. The van der Waals surface area contributed by atoms with E-state index in [1.165, 1.54) is 6.92 Å². The van der Waals surface area contributed by atoms with Gasteiger partial charge in [-0.2, -0.15) is 13.2 Å². The molecule has 0 saturated heterocycles. The summed E-state index contributed by atoms with van der Waals surface area (Å²) >= 11 is 0. The van der Waals surface area contributed by atoms with Crippen LogP contribution in [0.4, 0.5) is 17.6 Å². The second-order valence-electron chi connectivity index (χ2n) is 6.99. The van der Waals surface area contributed by atoms with Gasteiger partial charge in [0.15, 0.2) is 0 Å². The number of carbonyl (C=O) groups excluding carboxylic acids is 2. The summed E-state index contributed by atoms with van der Waals surface area (Å²) in [5.74, 6) is -3.88. The topological polar surface area (TPSA) is 43.4 Å². The van der Waals surface area contributed by atoms with E-state index in [-0.39, 0.29) is 12.0 Å². The van der Waals surface area contributed by atoms with E-state index < -0.39 is 40.4 Å². The summed E-state index contributed by atoms with van der Waals surface area (Å²) in [6, 6.07) is 1.17. The van der Waals surface area contributed by atoms with E-state index in [0.717, 1.165) is 0 Å². The second kappa shape index (κ2) is 7.21. The lowest BCUT2D eigenvalue weighted by Gasteiger charge is -2.29. The van der Waals surface area contributed by atoms with Crippen LogP contribution in [0.1, 0.15) is 61.5 Å². The molecule has 0 spiro atoms. The Labute approximate surface area is 149 Å². The first-order valence-electron chi connectivity index (χ1n) is 8.28. The first-order valence-corrected chi connectivity index (χ1v) is 8.28. The maximum atomic E-state index is 14.5. The molecule has 26 heavy (non-hydrogen) atoms. The summed E-state index contributed by atoms with van der Waals surface area (Å²) < 4.78 is 59.3. The highest BCUT2D eigenvalue weighted by molar-refractivity contribution is 6.41. The van der Waals surface area contributed by atoms with Crippen LogP contribution in [0.25, 0.3) is 5.57 Å². The van der Waals surface area contributed by atoms with Crippen molar-refractivity contribution in [3.8, 4) is 0 Å². The Balaban J connectivity index is 2.69. The largest absolute Gasteiger partial charge is 0.460 e. The Morgan fingerprint density at radius 2 is 1.88 bits per heavy atom. The van der Waals surface area contributed by atoms with Crippen LogP contribution >= 0.6 is 0 Å². The molecule has 0 aliphatic heterocycles. The van der Waals surface area contributed by atoms with Gasteiger partial charge in [-0.3, -0.25) is 4.79 Å². The predicted molar refractivity (Wildman–Crippen MR) is 88.0 cm³/mol. The number of hydrogen-bond donors (Lipinski definition) is 0. The van der Waals surface area contributed by atoms with Crippen molar-refractivity contribution in [3.63, 3.8) is 0 Å². The summed E-state index contributed by atoms with van der Waals surface area (Å²) in [7, 11) is 0. The van der Waals surface area contributed by atoms with Gasteiger partial charge in [0.1, 0.15) is 5.82 Å². The van der Waals surface area contributed by atoms with Gasteiger partial charge in [0.25, 0.3) is 5.78 Å². The van der Waals surface area contributed by atoms with Crippen LogP contribution in [-0.4, -0.2) is 18.4 Å². The smallest absolute Gasteiger partial charge is 0.417 e. The van der Waals surface area contributed by atoms with E-state index >= 15 is 0 Å². The maximum absolute atomic E-state index is 14.5. The van der Waals surface area contributed by atoms with Crippen LogP contribution in [0.2, 0.25) is 0 Å². The van der Waals surface area contributed by atoms with Gasteiger partial charge in [0.05, 0.1) is 17.7 Å². The van der Waals surface area contributed by atoms with Gasteiger partial charge in [-0.1, -0.05) is 19.9 Å². The van der Waals surface area contributed by atoms with E-state index in [0.29, 0.717) is 37.0 Å². The third-order valence-electron chi connectivity index (χ3n) is 4.44. The highest BCUT2D eigenvalue weighted by Gasteiger charge is 2.40. The van der Waals surface area contributed by atoms with Crippen LogP contribution in [-0.2, 0) is 15.7 Å². The van der Waals surface area contributed by atoms with E-state index in [1.807, 2.05) is 13.8 Å². The molecule has 0 unspecified atom stereocenters. The van der Waals surface area contributed by atoms with Crippen molar-refractivity contribution in [1.29, 1.82) is 0 Å². The molecular formula is C19H20F4O3. The number of alkyl halides is 3. The lowest BCUT2D eigenvalue weighted by atomic mass is 9.76. The summed E-state index contributed by atoms with van der Waals surface area (Å²) in [6.45, 7) is 5.24. The molecule has 1 aromatic carbocycles. The van der Waals surface area contributed by atoms with Crippen LogP contribution in [0.5, 0.6) is 0 Å². The molecule has 0 bridgehead atoms. The molecule has 3 nitrogen and oxygen atoms in total. The Morgan fingerprint density at radius 3 is 2.38 bits per heavy atom. The molecule has 0 amide bonds. The molecule has 2 rings (SSSR count). The summed E-state index contributed by atoms with van der Waals surface area (Å²) in [5.41, 5.74) is -2.51. The fourth-order valence-corrected chi connectivity index (χ4v) is 2.97. The van der Waals surface area contributed by atoms with E-state index in [2.05, 4.69) is 4.74 Å². The summed E-state index contributed by atoms with van der Waals surface area (Å²) in [6.07, 6.45) is -1.79. The summed E-state index contributed by atoms with van der Waals surface area (Å²) in [5, 5.41) is 0. The Bertz CT molecular complexity index is 761. The van der Waals surface area contributed by atoms with Gasteiger partial charge in [0, 0.05) is 5.56 Å². The molecule has 7 heteroatoms. The average Bonchev–Trinajstić information content (AvgIpc) is 2.53. The zero-order valence-corrected chi connectivity index (χ0v) is 14.8. The van der Waals surface area contributed by atoms with Crippen molar-refractivity contribution in [1.82, 2.24) is 0 Å². The molecule has 0 aromatic heterocycles. The molecule has 0 N–H and O–H groups in total. The van der Waals surface area contributed by atoms with Gasteiger partial charge >= 0.3 is 12.1 Å². The molecule has 1 aliphatic carbocycles. The minimum absolute atomic E-state index is 0.0626. The van der Waals surface area contributed by atoms with E-state index in [9.17, 15) is 27.2 Å². The monoisotopic (exact) mass is 372 g/mol. The minimum Gasteiger partial charge on any atom is -0.460 e. The Kier molecular flexibility index (Phi) is 5.58. The number of allylic oxidation sites excluding steroid dienone is 2. The number of hydrogen-bond acceptors (Lipinski definition) is 3. The molecule has 1 aliphatic rings. The number of benzene rings is 1. The Hall–Kier alpha value is -2.18. The Morgan fingerprint density at radius 1 is 1.23 bits per heavy atom. The van der Waals surface area contributed by atoms with Crippen molar-refractivity contribution in [2.45, 2.75) is 46.2 Å². The van der Waals surface area contributed by atoms with Crippen LogP contribution in [0.15, 0.2) is 18.2 Å². The summed E-state index contributed by atoms with van der Waals surface area (Å²) in [4.78, 5) is 24.2. The number of carbonyl (C=O) groups is 2. The van der Waals surface area contributed by atoms with E-state index in [1.54, 1.807) is 6.08 Å². The molecular weight excluding hydrogens is 352 g/mol. The number of ether oxygens (including phenoxy) is 1. The number of esters is 1. The van der Waals surface area contributed by atoms with Crippen molar-refractivity contribution >= 4 is 17.3 Å². The molecule has 0 fully saturated rings. The highest BCUT2D eigenvalue weighted by atomic mass is 19.4. The maximum Gasteiger partial charge on any atom is 0.417 e. The van der Waals surface area contributed by atoms with E-state index in [4.69, 9.17) is 0 Å². The fourth-order valence-electron chi connectivity index (χ4n) is 2.97. The third-order valence-corrected chi connectivity index (χ3v) is 4.44.